The third-order valence-corrected chi connectivity index (χ3v) is 7.42. The van der Waals surface area contributed by atoms with E-state index < -0.39 is 0 Å². The van der Waals surface area contributed by atoms with Crippen LogP contribution in [0.1, 0.15) is 78.1 Å². The topological polar surface area (TPSA) is 95.1 Å². The van der Waals surface area contributed by atoms with Crippen molar-refractivity contribution in [2.45, 2.75) is 78.1 Å². The zero-order chi connectivity index (χ0) is 31.4. The minimum absolute atomic E-state index is 0.0477. The van der Waals surface area contributed by atoms with E-state index in [1.54, 1.807) is 0 Å². The lowest BCUT2D eigenvalue weighted by molar-refractivity contribution is -0.890. The van der Waals surface area contributed by atoms with Crippen LogP contribution in [0.2, 0.25) is 0 Å². The molecule has 10 nitrogen and oxygen atoms in total. The molecule has 0 aliphatic rings. The van der Waals surface area contributed by atoms with E-state index >= 15 is 0 Å². The molecule has 10 heteroatoms. The quantitative estimate of drug-likeness (QED) is 0.0931. The Labute approximate surface area is 258 Å². The van der Waals surface area contributed by atoms with Crippen LogP contribution in [0.4, 0.5) is 0 Å². The fourth-order valence-electron chi connectivity index (χ4n) is 4.79. The lowest BCUT2D eigenvalue weighted by Gasteiger charge is -2.30. The van der Waals surface area contributed by atoms with Crippen LogP contribution in [0.15, 0.2) is 0 Å². The van der Waals surface area contributed by atoms with Crippen LogP contribution < -0.4 is 10.6 Å². The first-order valence-electron chi connectivity index (χ1n) is 16.6. The van der Waals surface area contributed by atoms with Gasteiger partial charge in [0.2, 0.25) is 11.8 Å². The van der Waals surface area contributed by atoms with Crippen molar-refractivity contribution < 1.29 is 37.5 Å². The number of hydrogen-bond donors (Lipinski definition) is 2. The monoisotopic (exact) mass is 605 g/mol. The molecule has 0 saturated carbocycles. The molecule has 0 aliphatic carbocycles. The van der Waals surface area contributed by atoms with E-state index in [0.29, 0.717) is 52.7 Å². The maximum Gasteiger partial charge on any atom is 0.246 e. The zero-order valence-corrected chi connectivity index (χ0v) is 28.3. The van der Waals surface area contributed by atoms with Crippen LogP contribution in [-0.2, 0) is 28.5 Å². The Hall–Kier alpha value is -1.30. The standard InChI is InChI=1S/C32H66N4O6/c1-7-39-25-27-41-29-31(37)33-19-17-23-35(3,4)21-15-13-11-9-10-12-14-16-22-36(5,6)24-18-20-34-32(38)30-42-28-26-40-8-2/h7-30H2,1-6H3/p+2. The van der Waals surface area contributed by atoms with Gasteiger partial charge in [-0.3, -0.25) is 9.59 Å². The molecule has 0 rings (SSSR count). The molecule has 0 bridgehead atoms. The van der Waals surface area contributed by atoms with E-state index in [2.05, 4.69) is 38.8 Å². The van der Waals surface area contributed by atoms with Gasteiger partial charge in [0, 0.05) is 39.1 Å². The van der Waals surface area contributed by atoms with Gasteiger partial charge in [0.05, 0.1) is 80.8 Å². The largest absolute Gasteiger partial charge is 0.379 e. The molecule has 2 amide bonds. The second-order valence-corrected chi connectivity index (χ2v) is 12.5. The van der Waals surface area contributed by atoms with Crippen LogP contribution in [0.3, 0.4) is 0 Å². The Morgan fingerprint density at radius 2 is 0.786 bits per heavy atom. The third-order valence-electron chi connectivity index (χ3n) is 7.42. The molecule has 0 atom stereocenters. The SMILES string of the molecule is CCOCCOCC(=O)NCCC[N+](C)(C)CCCCCCCCCC[N+](C)(C)CCCNC(=O)COCCOCC. The van der Waals surface area contributed by atoms with Gasteiger partial charge in [-0.1, -0.05) is 25.7 Å². The Kier molecular flexibility index (Phi) is 26.4. The minimum Gasteiger partial charge on any atom is -0.379 e. The van der Waals surface area contributed by atoms with Crippen molar-refractivity contribution in [3.63, 3.8) is 0 Å². The summed E-state index contributed by atoms with van der Waals surface area (Å²) in [5, 5.41) is 5.90. The number of carbonyl (C=O) groups is 2. The molecule has 0 aromatic carbocycles. The first kappa shape index (κ1) is 40.7. The molecular weight excluding hydrogens is 536 g/mol. The molecule has 250 valence electrons. The van der Waals surface area contributed by atoms with Crippen LogP contribution in [-0.4, -0.2) is 141 Å². The lowest BCUT2D eigenvalue weighted by Crippen LogP contribution is -2.42. The third kappa shape index (κ3) is 28.8. The van der Waals surface area contributed by atoms with Crippen molar-refractivity contribution in [2.75, 3.05) is 120 Å². The molecule has 0 unspecified atom stereocenters. The zero-order valence-electron chi connectivity index (χ0n) is 28.3. The van der Waals surface area contributed by atoms with E-state index in [1.165, 1.54) is 64.5 Å². The Morgan fingerprint density at radius 3 is 1.14 bits per heavy atom. The van der Waals surface area contributed by atoms with Gasteiger partial charge in [-0.25, -0.2) is 0 Å². The maximum absolute atomic E-state index is 11.8. The maximum atomic E-state index is 11.8. The van der Waals surface area contributed by atoms with Crippen LogP contribution in [0.5, 0.6) is 0 Å². The normalized spacial score (nSPS) is 12.0. The van der Waals surface area contributed by atoms with E-state index in [1.807, 2.05) is 13.8 Å². The number of unbranched alkanes of at least 4 members (excludes halogenated alkanes) is 7. The number of rotatable bonds is 31. The first-order chi connectivity index (χ1) is 20.1. The first-order valence-corrected chi connectivity index (χ1v) is 16.6. The van der Waals surface area contributed by atoms with E-state index in [9.17, 15) is 9.59 Å². The molecule has 0 aromatic heterocycles. The van der Waals surface area contributed by atoms with E-state index in [4.69, 9.17) is 18.9 Å². The number of amides is 2. The van der Waals surface area contributed by atoms with Gasteiger partial charge >= 0.3 is 0 Å². The number of hydrogen-bond acceptors (Lipinski definition) is 6. The number of carbonyl (C=O) groups excluding carboxylic acids is 2. The molecule has 0 saturated heterocycles. The Bertz CT molecular complexity index is 594. The number of quaternary nitrogens is 2. The van der Waals surface area contributed by atoms with Crippen molar-refractivity contribution >= 4 is 11.8 Å². The molecule has 0 fully saturated rings. The van der Waals surface area contributed by atoms with Gasteiger partial charge in [0.25, 0.3) is 0 Å². The second-order valence-electron chi connectivity index (χ2n) is 12.5. The molecule has 0 heterocycles. The molecule has 0 aliphatic heterocycles. The van der Waals surface area contributed by atoms with Crippen LogP contribution >= 0.6 is 0 Å². The van der Waals surface area contributed by atoms with Gasteiger partial charge < -0.3 is 38.5 Å². The van der Waals surface area contributed by atoms with Crippen molar-refractivity contribution in [3.05, 3.63) is 0 Å². The summed E-state index contributed by atoms with van der Waals surface area (Å²) in [6.07, 6.45) is 12.4. The highest BCUT2D eigenvalue weighted by atomic mass is 16.5. The fourth-order valence-corrected chi connectivity index (χ4v) is 4.79. The number of ether oxygens (including phenoxy) is 4. The summed E-state index contributed by atoms with van der Waals surface area (Å²) in [6.45, 7) is 13.4. The van der Waals surface area contributed by atoms with E-state index in [0.717, 1.165) is 34.9 Å². The highest BCUT2D eigenvalue weighted by Gasteiger charge is 2.15. The van der Waals surface area contributed by atoms with Crippen LogP contribution in [0, 0.1) is 0 Å². The van der Waals surface area contributed by atoms with Crippen molar-refractivity contribution in [1.29, 1.82) is 0 Å². The predicted molar refractivity (Wildman–Crippen MR) is 170 cm³/mol. The minimum atomic E-state index is -0.0477. The molecule has 0 radical (unpaired) electrons. The number of nitrogens with zero attached hydrogens (tertiary/aromatic N) is 2. The van der Waals surface area contributed by atoms with Crippen molar-refractivity contribution in [2.24, 2.45) is 0 Å². The average molecular weight is 605 g/mol. The summed E-state index contributed by atoms with van der Waals surface area (Å²) in [7, 11) is 9.15. The summed E-state index contributed by atoms with van der Waals surface area (Å²) in [6, 6.07) is 0. The lowest BCUT2D eigenvalue weighted by atomic mass is 10.1. The molecular formula is C32H68N4O6+2. The molecule has 0 spiro atoms. The summed E-state index contributed by atoms with van der Waals surface area (Å²) >= 11 is 0. The van der Waals surface area contributed by atoms with Crippen molar-refractivity contribution in [1.82, 2.24) is 10.6 Å². The highest BCUT2D eigenvalue weighted by molar-refractivity contribution is 5.77. The van der Waals surface area contributed by atoms with Gasteiger partial charge in [-0.2, -0.15) is 0 Å². The summed E-state index contributed by atoms with van der Waals surface area (Å²) in [4.78, 5) is 23.6. The Balaban J connectivity index is 3.60. The Morgan fingerprint density at radius 1 is 0.476 bits per heavy atom. The second kappa shape index (κ2) is 27.3. The summed E-state index contributed by atoms with van der Waals surface area (Å²) in [5.74, 6) is -0.0954. The summed E-state index contributed by atoms with van der Waals surface area (Å²) < 4.78 is 23.0. The molecule has 42 heavy (non-hydrogen) atoms. The van der Waals surface area contributed by atoms with Gasteiger partial charge in [-0.15, -0.1) is 0 Å². The molecule has 0 aromatic rings. The summed E-state index contributed by atoms with van der Waals surface area (Å²) in [5.41, 5.74) is 0. The highest BCUT2D eigenvalue weighted by Crippen LogP contribution is 2.12. The van der Waals surface area contributed by atoms with Crippen molar-refractivity contribution in [3.8, 4) is 0 Å². The fraction of sp³-hybridized carbons (Fsp3) is 0.938. The van der Waals surface area contributed by atoms with Gasteiger partial charge in [0.15, 0.2) is 0 Å². The smallest absolute Gasteiger partial charge is 0.246 e. The van der Waals surface area contributed by atoms with Gasteiger partial charge in [0.1, 0.15) is 13.2 Å². The van der Waals surface area contributed by atoms with Crippen LogP contribution in [0.25, 0.3) is 0 Å². The van der Waals surface area contributed by atoms with Gasteiger partial charge in [-0.05, 0) is 39.5 Å². The molecule has 2 N–H and O–H groups in total. The average Bonchev–Trinajstić information content (AvgIpc) is 2.94. The number of nitrogens with one attached hydrogen (secondary N) is 2. The van der Waals surface area contributed by atoms with E-state index in [-0.39, 0.29) is 25.0 Å². The predicted octanol–water partition coefficient (Wildman–Crippen LogP) is 3.38.